The highest BCUT2D eigenvalue weighted by molar-refractivity contribution is 5.94. The molecule has 0 fully saturated rings. The van der Waals surface area contributed by atoms with E-state index in [1.165, 1.54) is 6.07 Å². The molecule has 8 heteroatoms. The van der Waals surface area contributed by atoms with Gasteiger partial charge in [-0.15, -0.1) is 0 Å². The summed E-state index contributed by atoms with van der Waals surface area (Å²) in [6.45, 7) is 2.17. The van der Waals surface area contributed by atoms with Crippen molar-refractivity contribution in [3.8, 4) is 11.5 Å². The van der Waals surface area contributed by atoms with E-state index in [1.807, 2.05) is 13.2 Å². The van der Waals surface area contributed by atoms with E-state index >= 15 is 0 Å². The lowest BCUT2D eigenvalue weighted by Gasteiger charge is -2.12. The van der Waals surface area contributed by atoms with Gasteiger partial charge >= 0.3 is 5.97 Å². The number of aromatic nitrogens is 2. The fourth-order valence-electron chi connectivity index (χ4n) is 2.20. The molecule has 0 atom stereocenters. The zero-order valence-corrected chi connectivity index (χ0v) is 14.2. The van der Waals surface area contributed by atoms with Gasteiger partial charge in [0, 0.05) is 25.4 Å². The third-order valence-electron chi connectivity index (χ3n) is 3.31. The van der Waals surface area contributed by atoms with E-state index < -0.39 is 12.6 Å². The maximum absolute atomic E-state index is 12.3. The van der Waals surface area contributed by atoms with Crippen molar-refractivity contribution in [1.29, 1.82) is 0 Å². The summed E-state index contributed by atoms with van der Waals surface area (Å²) >= 11 is 0. The zero-order valence-electron chi connectivity index (χ0n) is 14.2. The van der Waals surface area contributed by atoms with Gasteiger partial charge in [0.25, 0.3) is 5.91 Å². The average molecular weight is 347 g/mol. The van der Waals surface area contributed by atoms with Crippen LogP contribution in [0.15, 0.2) is 30.6 Å². The number of carboxylic acids is 1. The first kappa shape index (κ1) is 18.3. The van der Waals surface area contributed by atoms with E-state index in [9.17, 15) is 9.59 Å². The van der Waals surface area contributed by atoms with Crippen LogP contribution in [0, 0.1) is 0 Å². The number of nitrogens with one attached hydrogen (secondary N) is 1. The molecule has 0 aliphatic carbocycles. The van der Waals surface area contributed by atoms with E-state index in [0.29, 0.717) is 30.9 Å². The lowest BCUT2D eigenvalue weighted by molar-refractivity contribution is -0.139. The molecule has 0 unspecified atom stereocenters. The molecule has 8 nitrogen and oxygen atoms in total. The van der Waals surface area contributed by atoms with Crippen LogP contribution >= 0.6 is 0 Å². The normalized spacial score (nSPS) is 10.3. The van der Waals surface area contributed by atoms with Crippen LogP contribution in [0.5, 0.6) is 11.5 Å². The number of nitrogens with zero attached hydrogens (tertiary/aromatic N) is 2. The molecule has 1 aromatic carbocycles. The number of hydrogen-bond donors (Lipinski definition) is 2. The van der Waals surface area contributed by atoms with Crippen molar-refractivity contribution in [2.45, 2.75) is 13.3 Å². The van der Waals surface area contributed by atoms with Gasteiger partial charge in [-0.1, -0.05) is 0 Å². The molecule has 25 heavy (non-hydrogen) atoms. The van der Waals surface area contributed by atoms with Crippen molar-refractivity contribution in [2.75, 3.05) is 19.8 Å². The van der Waals surface area contributed by atoms with Crippen molar-refractivity contribution in [2.24, 2.45) is 7.05 Å². The van der Waals surface area contributed by atoms with Crippen molar-refractivity contribution in [1.82, 2.24) is 15.1 Å². The van der Waals surface area contributed by atoms with Crippen molar-refractivity contribution >= 4 is 11.9 Å². The van der Waals surface area contributed by atoms with Gasteiger partial charge in [0.2, 0.25) is 0 Å². The molecule has 1 heterocycles. The molecule has 2 aromatic rings. The van der Waals surface area contributed by atoms with Crippen LogP contribution in [0.1, 0.15) is 22.8 Å². The van der Waals surface area contributed by atoms with Gasteiger partial charge in [-0.05, 0) is 37.1 Å². The van der Waals surface area contributed by atoms with E-state index in [4.69, 9.17) is 14.6 Å². The first-order valence-corrected chi connectivity index (χ1v) is 7.86. The second kappa shape index (κ2) is 8.72. The fraction of sp³-hybridized carbons (Fsp3) is 0.353. The second-order valence-electron chi connectivity index (χ2n) is 5.31. The van der Waals surface area contributed by atoms with E-state index in [2.05, 4.69) is 10.4 Å². The highest BCUT2D eigenvalue weighted by Crippen LogP contribution is 2.28. The van der Waals surface area contributed by atoms with E-state index in [-0.39, 0.29) is 11.7 Å². The molecule has 134 valence electrons. The first-order valence-electron chi connectivity index (χ1n) is 7.86. The van der Waals surface area contributed by atoms with Gasteiger partial charge in [0.05, 0.1) is 12.8 Å². The molecule has 0 radical (unpaired) electrons. The number of hydrogen-bond acceptors (Lipinski definition) is 5. The van der Waals surface area contributed by atoms with Crippen molar-refractivity contribution < 1.29 is 24.2 Å². The van der Waals surface area contributed by atoms with Crippen LogP contribution < -0.4 is 14.8 Å². The predicted molar refractivity (Wildman–Crippen MR) is 90.0 cm³/mol. The van der Waals surface area contributed by atoms with Crippen LogP contribution in [0.25, 0.3) is 0 Å². The zero-order chi connectivity index (χ0) is 18.2. The summed E-state index contributed by atoms with van der Waals surface area (Å²) in [4.78, 5) is 22.9. The Hall–Kier alpha value is -3.03. The Labute approximate surface area is 145 Å². The van der Waals surface area contributed by atoms with Crippen molar-refractivity contribution in [3.63, 3.8) is 0 Å². The summed E-state index contributed by atoms with van der Waals surface area (Å²) in [7, 11) is 1.84. The summed E-state index contributed by atoms with van der Waals surface area (Å²) in [6, 6.07) is 4.64. The number of carbonyl (C=O) groups is 2. The SMILES string of the molecule is CCOc1cc(C(=O)NCCc2cnn(C)c2)ccc1OCC(=O)O. The summed E-state index contributed by atoms with van der Waals surface area (Å²) in [6.07, 6.45) is 4.33. The molecule has 0 saturated heterocycles. The maximum Gasteiger partial charge on any atom is 0.341 e. The van der Waals surface area contributed by atoms with Crippen molar-refractivity contribution in [3.05, 3.63) is 41.7 Å². The van der Waals surface area contributed by atoms with Crippen LogP contribution in [-0.4, -0.2) is 46.5 Å². The smallest absolute Gasteiger partial charge is 0.341 e. The molecule has 0 spiro atoms. The Morgan fingerprint density at radius 2 is 2.08 bits per heavy atom. The van der Waals surface area contributed by atoms with Gasteiger partial charge in [-0.3, -0.25) is 9.48 Å². The van der Waals surface area contributed by atoms with Gasteiger partial charge < -0.3 is 19.9 Å². The Bertz CT molecular complexity index is 742. The molecule has 2 N–H and O–H groups in total. The number of carbonyl (C=O) groups excluding carboxylic acids is 1. The van der Waals surface area contributed by atoms with Crippen LogP contribution in [0.2, 0.25) is 0 Å². The number of aliphatic carboxylic acids is 1. The standard InChI is InChI=1S/C17H21N3O5/c1-3-24-15-8-13(4-5-14(15)25-11-16(21)22)17(23)18-7-6-12-9-19-20(2)10-12/h4-5,8-10H,3,6-7,11H2,1-2H3,(H,18,23)(H,21,22). The predicted octanol–water partition coefficient (Wildman–Crippen LogP) is 1.25. The first-order chi connectivity index (χ1) is 12.0. The van der Waals surface area contributed by atoms with E-state index in [0.717, 1.165) is 5.56 Å². The summed E-state index contributed by atoms with van der Waals surface area (Å²) in [5.74, 6) is -0.700. The Morgan fingerprint density at radius 3 is 2.72 bits per heavy atom. The number of ether oxygens (including phenoxy) is 2. The Morgan fingerprint density at radius 1 is 1.28 bits per heavy atom. The lowest BCUT2D eigenvalue weighted by atomic mass is 10.1. The van der Waals surface area contributed by atoms with Gasteiger partial charge in [-0.2, -0.15) is 5.10 Å². The minimum absolute atomic E-state index is 0.241. The highest BCUT2D eigenvalue weighted by atomic mass is 16.5. The highest BCUT2D eigenvalue weighted by Gasteiger charge is 2.12. The lowest BCUT2D eigenvalue weighted by Crippen LogP contribution is -2.25. The van der Waals surface area contributed by atoms with Crippen LogP contribution in [0.3, 0.4) is 0 Å². The van der Waals surface area contributed by atoms with Gasteiger partial charge in [0.1, 0.15) is 0 Å². The summed E-state index contributed by atoms with van der Waals surface area (Å²) in [5.41, 5.74) is 1.45. The summed E-state index contributed by atoms with van der Waals surface area (Å²) in [5, 5.41) is 15.6. The largest absolute Gasteiger partial charge is 0.490 e. The monoisotopic (exact) mass is 347 g/mol. The number of aryl methyl sites for hydroxylation is 1. The van der Waals surface area contributed by atoms with Crippen LogP contribution in [0.4, 0.5) is 0 Å². The molecule has 1 amide bonds. The van der Waals surface area contributed by atoms with Crippen LogP contribution in [-0.2, 0) is 18.3 Å². The molecule has 0 saturated carbocycles. The molecule has 2 rings (SSSR count). The topological polar surface area (TPSA) is 103 Å². The number of carboxylic acid groups (broad SMARTS) is 1. The Balaban J connectivity index is 1.98. The molecular weight excluding hydrogens is 326 g/mol. The molecule has 0 aliphatic heterocycles. The minimum atomic E-state index is -1.08. The van der Waals surface area contributed by atoms with Gasteiger partial charge in [0.15, 0.2) is 18.1 Å². The quantitative estimate of drug-likeness (QED) is 0.708. The molecule has 0 bridgehead atoms. The average Bonchev–Trinajstić information content (AvgIpc) is 2.99. The molecule has 1 aromatic heterocycles. The number of amides is 1. The third-order valence-corrected chi connectivity index (χ3v) is 3.31. The third kappa shape index (κ3) is 5.52. The summed E-state index contributed by atoms with van der Waals surface area (Å²) < 4.78 is 12.3. The second-order valence-corrected chi connectivity index (χ2v) is 5.31. The van der Waals surface area contributed by atoms with E-state index in [1.54, 1.807) is 29.9 Å². The molecule has 0 aliphatic rings. The Kier molecular flexibility index (Phi) is 6.39. The minimum Gasteiger partial charge on any atom is -0.490 e. The fourth-order valence-corrected chi connectivity index (χ4v) is 2.20. The van der Waals surface area contributed by atoms with Gasteiger partial charge in [-0.25, -0.2) is 4.79 Å². The maximum atomic E-state index is 12.3. The number of rotatable bonds is 9. The number of benzene rings is 1. The molecular formula is C17H21N3O5.